The maximum absolute atomic E-state index is 13.5. The summed E-state index contributed by atoms with van der Waals surface area (Å²) >= 11 is 3.56. The molecule has 0 bridgehead atoms. The van der Waals surface area contributed by atoms with Crippen molar-refractivity contribution in [3.05, 3.63) is 69.8 Å². The second-order valence-electron chi connectivity index (χ2n) is 7.64. The van der Waals surface area contributed by atoms with Crippen molar-refractivity contribution in [2.24, 2.45) is 0 Å². The Balaban J connectivity index is 1.95. The van der Waals surface area contributed by atoms with Gasteiger partial charge in [0.1, 0.15) is 0 Å². The number of para-hydroxylation sites is 2. The van der Waals surface area contributed by atoms with Gasteiger partial charge in [-0.25, -0.2) is 0 Å². The molecule has 29 heavy (non-hydrogen) atoms. The van der Waals surface area contributed by atoms with Gasteiger partial charge in [0.2, 0.25) is 5.91 Å². The predicted octanol–water partition coefficient (Wildman–Crippen LogP) is 6.15. The number of amides is 1. The molecule has 0 spiro atoms. The average molecular weight is 453 g/mol. The van der Waals surface area contributed by atoms with E-state index in [1.807, 2.05) is 53.4 Å². The van der Waals surface area contributed by atoms with Gasteiger partial charge in [-0.1, -0.05) is 53.5 Å². The number of unbranched alkanes of at least 4 members (excludes halogenated alkanes) is 1. The molecule has 4 rings (SSSR count). The third kappa shape index (κ3) is 3.88. The van der Waals surface area contributed by atoms with Crippen LogP contribution in [0.1, 0.15) is 57.1 Å². The molecule has 0 radical (unpaired) electrons. The van der Waals surface area contributed by atoms with Crippen molar-refractivity contribution in [1.29, 1.82) is 0 Å². The van der Waals surface area contributed by atoms with E-state index in [1.165, 1.54) is 0 Å². The van der Waals surface area contributed by atoms with Crippen LogP contribution in [0, 0.1) is 0 Å². The summed E-state index contributed by atoms with van der Waals surface area (Å²) in [6.45, 7) is 2.09. The number of hydrogen-bond donors (Lipinski definition) is 1. The van der Waals surface area contributed by atoms with Crippen LogP contribution < -0.4 is 10.2 Å². The Morgan fingerprint density at radius 2 is 2.00 bits per heavy atom. The molecule has 150 valence electrons. The topological polar surface area (TPSA) is 49.4 Å². The minimum atomic E-state index is -0.421. The fourth-order valence-electron chi connectivity index (χ4n) is 4.25. The van der Waals surface area contributed by atoms with Crippen LogP contribution in [0.5, 0.6) is 0 Å². The minimum Gasteiger partial charge on any atom is -0.357 e. The van der Waals surface area contributed by atoms with Crippen molar-refractivity contribution in [3.8, 4) is 0 Å². The van der Waals surface area contributed by atoms with Gasteiger partial charge in [0.05, 0.1) is 17.4 Å². The number of rotatable bonds is 4. The SMILES string of the molecule is CCCCC(=O)N1c2ccccc2NC2=C(C(=O)CCC2)C1c1cccc(Br)c1. The van der Waals surface area contributed by atoms with Gasteiger partial charge in [-0.3, -0.25) is 14.5 Å². The Kier molecular flexibility index (Phi) is 5.86. The zero-order chi connectivity index (χ0) is 20.4. The number of hydrogen-bond acceptors (Lipinski definition) is 3. The van der Waals surface area contributed by atoms with Gasteiger partial charge in [0.15, 0.2) is 5.78 Å². The number of nitrogens with zero attached hydrogens (tertiary/aromatic N) is 1. The van der Waals surface area contributed by atoms with E-state index in [4.69, 9.17) is 0 Å². The van der Waals surface area contributed by atoms with Crippen molar-refractivity contribution in [1.82, 2.24) is 0 Å². The van der Waals surface area contributed by atoms with Crippen LogP contribution in [0.25, 0.3) is 0 Å². The molecular formula is C24H25BrN2O2. The Bertz CT molecular complexity index is 982. The lowest BCUT2D eigenvalue weighted by atomic mass is 9.85. The maximum Gasteiger partial charge on any atom is 0.227 e. The largest absolute Gasteiger partial charge is 0.357 e. The number of ketones is 1. The first kappa shape index (κ1) is 19.9. The summed E-state index contributed by atoms with van der Waals surface area (Å²) in [5.74, 6) is 0.183. The lowest BCUT2D eigenvalue weighted by Crippen LogP contribution is -2.38. The fourth-order valence-corrected chi connectivity index (χ4v) is 4.67. The van der Waals surface area contributed by atoms with Crippen molar-refractivity contribution in [2.45, 2.75) is 51.5 Å². The molecule has 1 aliphatic carbocycles. The van der Waals surface area contributed by atoms with E-state index in [-0.39, 0.29) is 11.7 Å². The standard InChI is InChI=1S/C24H25BrN2O2/c1-2-3-14-22(29)27-20-12-5-4-10-18(20)26-19-11-7-13-21(28)23(19)24(27)16-8-6-9-17(25)15-16/h4-6,8-10,12,15,24,26H,2-3,7,11,13-14H2,1H3. The number of allylic oxidation sites excluding steroid dienone is 1. The number of fused-ring (bicyclic) bond motifs is 1. The van der Waals surface area contributed by atoms with E-state index in [9.17, 15) is 9.59 Å². The van der Waals surface area contributed by atoms with Gasteiger partial charge in [-0.15, -0.1) is 0 Å². The molecule has 1 amide bonds. The van der Waals surface area contributed by atoms with Crippen LogP contribution >= 0.6 is 15.9 Å². The quantitative estimate of drug-likeness (QED) is 0.605. The van der Waals surface area contributed by atoms with Gasteiger partial charge >= 0.3 is 0 Å². The number of carbonyl (C=O) groups excluding carboxylic acids is 2. The van der Waals surface area contributed by atoms with Crippen LogP contribution in [0.15, 0.2) is 64.3 Å². The first-order chi connectivity index (χ1) is 14.1. The number of carbonyl (C=O) groups is 2. The van der Waals surface area contributed by atoms with Crippen LogP contribution in [0.3, 0.4) is 0 Å². The summed E-state index contributed by atoms with van der Waals surface area (Å²) in [4.78, 5) is 28.5. The number of anilines is 2. The molecule has 1 atom stereocenters. The zero-order valence-corrected chi connectivity index (χ0v) is 18.2. The zero-order valence-electron chi connectivity index (χ0n) is 16.6. The summed E-state index contributed by atoms with van der Waals surface area (Å²) in [5.41, 5.74) is 4.35. The monoisotopic (exact) mass is 452 g/mol. The first-order valence-corrected chi connectivity index (χ1v) is 11.1. The second kappa shape index (κ2) is 8.54. The normalized spacial score (nSPS) is 18.6. The minimum absolute atomic E-state index is 0.0539. The van der Waals surface area contributed by atoms with Crippen LogP contribution in [-0.4, -0.2) is 11.7 Å². The van der Waals surface area contributed by atoms with E-state index in [2.05, 4.69) is 28.2 Å². The van der Waals surface area contributed by atoms with Gasteiger partial charge < -0.3 is 5.32 Å². The Morgan fingerprint density at radius 1 is 1.17 bits per heavy atom. The molecule has 1 unspecified atom stereocenters. The molecule has 2 aromatic carbocycles. The van der Waals surface area contributed by atoms with Gasteiger partial charge in [0, 0.05) is 28.6 Å². The third-order valence-electron chi connectivity index (χ3n) is 5.61. The Hall–Kier alpha value is -2.40. The van der Waals surface area contributed by atoms with E-state index in [0.29, 0.717) is 12.8 Å². The average Bonchev–Trinajstić information content (AvgIpc) is 2.87. The summed E-state index contributed by atoms with van der Waals surface area (Å²) in [6, 6.07) is 15.4. The van der Waals surface area contributed by atoms with E-state index >= 15 is 0 Å². The third-order valence-corrected chi connectivity index (χ3v) is 6.11. The van der Waals surface area contributed by atoms with Crippen LogP contribution in [0.2, 0.25) is 0 Å². The molecule has 1 N–H and O–H groups in total. The van der Waals surface area contributed by atoms with Gasteiger partial charge in [-0.2, -0.15) is 0 Å². The molecule has 0 aromatic heterocycles. The smallest absolute Gasteiger partial charge is 0.227 e. The fraction of sp³-hybridized carbons (Fsp3) is 0.333. The highest BCUT2D eigenvalue weighted by Gasteiger charge is 2.39. The summed E-state index contributed by atoms with van der Waals surface area (Å²) in [7, 11) is 0. The molecule has 0 fully saturated rings. The van der Waals surface area contributed by atoms with Gasteiger partial charge in [0.25, 0.3) is 0 Å². The molecule has 4 nitrogen and oxygen atoms in total. The highest BCUT2D eigenvalue weighted by Crippen LogP contribution is 2.45. The molecule has 2 aromatic rings. The Labute approximate surface area is 180 Å². The molecule has 5 heteroatoms. The summed E-state index contributed by atoms with van der Waals surface area (Å²) in [6.07, 6.45) is 4.42. The molecule has 2 aliphatic rings. The maximum atomic E-state index is 13.5. The van der Waals surface area contributed by atoms with Crippen molar-refractivity contribution >= 4 is 39.0 Å². The number of halogens is 1. The van der Waals surface area contributed by atoms with Crippen LogP contribution in [-0.2, 0) is 9.59 Å². The van der Waals surface area contributed by atoms with Crippen molar-refractivity contribution in [2.75, 3.05) is 10.2 Å². The highest BCUT2D eigenvalue weighted by molar-refractivity contribution is 9.10. The van der Waals surface area contributed by atoms with Crippen molar-refractivity contribution < 1.29 is 9.59 Å². The summed E-state index contributed by atoms with van der Waals surface area (Å²) in [5, 5.41) is 3.50. The molecule has 0 saturated heterocycles. The lowest BCUT2D eigenvalue weighted by Gasteiger charge is -2.34. The van der Waals surface area contributed by atoms with Gasteiger partial charge in [-0.05, 0) is 49.1 Å². The number of benzene rings is 2. The Morgan fingerprint density at radius 3 is 2.79 bits per heavy atom. The van der Waals surface area contributed by atoms with E-state index in [0.717, 1.165) is 58.4 Å². The van der Waals surface area contributed by atoms with Crippen LogP contribution in [0.4, 0.5) is 11.4 Å². The highest BCUT2D eigenvalue weighted by atomic mass is 79.9. The molecule has 1 heterocycles. The van der Waals surface area contributed by atoms with Crippen molar-refractivity contribution in [3.63, 3.8) is 0 Å². The lowest BCUT2D eigenvalue weighted by molar-refractivity contribution is -0.119. The van der Waals surface area contributed by atoms with E-state index in [1.54, 1.807) is 0 Å². The van der Waals surface area contributed by atoms with E-state index < -0.39 is 6.04 Å². The molecular weight excluding hydrogens is 428 g/mol. The second-order valence-corrected chi connectivity index (χ2v) is 8.55. The molecule has 0 saturated carbocycles. The first-order valence-electron chi connectivity index (χ1n) is 10.3. The summed E-state index contributed by atoms with van der Waals surface area (Å²) < 4.78 is 0.937. The predicted molar refractivity (Wildman–Crippen MR) is 120 cm³/mol. The number of Topliss-reactive ketones (excluding diaryl/α,β-unsaturated/α-hetero) is 1. The molecule has 1 aliphatic heterocycles. The number of nitrogens with one attached hydrogen (secondary N) is 1.